The van der Waals surface area contributed by atoms with E-state index >= 15 is 0 Å². The van der Waals surface area contributed by atoms with Crippen LogP contribution in [0.15, 0.2) is 73.5 Å². The van der Waals surface area contributed by atoms with Crippen molar-refractivity contribution in [1.29, 1.82) is 0 Å². The minimum absolute atomic E-state index is 0.00164. The lowest BCUT2D eigenvalue weighted by Gasteiger charge is -2.19. The predicted octanol–water partition coefficient (Wildman–Crippen LogP) is -1.64. The maximum Gasteiger partial charge on any atom is 0.338 e. The minimum atomic E-state index is -0.746. The molecule has 4 amide bonds. The fourth-order valence-electron chi connectivity index (χ4n) is 6.02. The number of carbonyl (C=O) groups excluding carboxylic acids is 4. The summed E-state index contributed by atoms with van der Waals surface area (Å²) in [5.74, 6) is -4.16. The van der Waals surface area contributed by atoms with Gasteiger partial charge in [0.05, 0.1) is 67.7 Å². The number of fused-ring (bicyclic) bond motifs is 2. The Morgan fingerprint density at radius 2 is 1.27 bits per heavy atom. The van der Waals surface area contributed by atoms with Gasteiger partial charge in [0.2, 0.25) is 23.6 Å². The van der Waals surface area contributed by atoms with Crippen molar-refractivity contribution in [3.63, 3.8) is 0 Å². The van der Waals surface area contributed by atoms with E-state index in [-0.39, 0.29) is 49.2 Å². The van der Waals surface area contributed by atoms with Gasteiger partial charge in [-0.25, -0.2) is 0 Å². The smallest absolute Gasteiger partial charge is 0.338 e. The van der Waals surface area contributed by atoms with Crippen LogP contribution in [0.4, 0.5) is 0 Å². The van der Waals surface area contributed by atoms with E-state index in [2.05, 4.69) is 23.9 Å². The lowest BCUT2D eigenvalue weighted by atomic mass is 9.88. The third-order valence-corrected chi connectivity index (χ3v) is 7.86. The van der Waals surface area contributed by atoms with E-state index in [1.54, 1.807) is 12.2 Å². The zero-order valence-electron chi connectivity index (χ0n) is 21.8. The Bertz CT molecular complexity index is 1330. The molecule has 0 aliphatic carbocycles. The molecule has 0 saturated carbocycles. The first-order chi connectivity index (χ1) is 19.3. The zero-order chi connectivity index (χ0) is 28.6. The Hall–Kier alpha value is -4.31. The van der Waals surface area contributed by atoms with Crippen LogP contribution in [0, 0.1) is 23.7 Å². The third-order valence-electron chi connectivity index (χ3n) is 7.86. The van der Waals surface area contributed by atoms with Crippen LogP contribution in [0.2, 0.25) is 0 Å². The van der Waals surface area contributed by atoms with Crippen molar-refractivity contribution in [3.05, 3.63) is 79.1 Å². The summed E-state index contributed by atoms with van der Waals surface area (Å²) in [6, 6.07) is 9.30. The average molecular weight is 547 g/mol. The van der Waals surface area contributed by atoms with Gasteiger partial charge in [0.1, 0.15) is 0 Å². The standard InChI is InChI=1S/C29H31N5O6/c1-3-17-21-23(26(36)33(25(21)35)14-13-32-29(30)31)19(39-17)11-8-12-20-24-22(18(4-2)40-20)27(37)34(28(24)38)15-16-9-6-5-7-10-16/h3-7,9-12,17-24H,1-2,13-15H2,(H4,30,31,32)/p+1. The van der Waals surface area contributed by atoms with Gasteiger partial charge < -0.3 is 9.47 Å². The molecule has 0 spiro atoms. The van der Waals surface area contributed by atoms with E-state index in [0.29, 0.717) is 0 Å². The largest absolute Gasteiger partial charge is 0.365 e. The number of rotatable bonds is 9. The first-order valence-corrected chi connectivity index (χ1v) is 13.1. The van der Waals surface area contributed by atoms with Crippen LogP contribution in [0.25, 0.3) is 0 Å². The van der Waals surface area contributed by atoms with Gasteiger partial charge in [-0.3, -0.25) is 45.4 Å². The number of hydrogen-bond acceptors (Lipinski definition) is 6. The molecule has 11 heteroatoms. The van der Waals surface area contributed by atoms with Crippen molar-refractivity contribution in [1.82, 2.24) is 9.80 Å². The van der Waals surface area contributed by atoms with Crippen molar-refractivity contribution >= 4 is 29.6 Å². The Balaban J connectivity index is 1.34. The van der Waals surface area contributed by atoms with E-state index in [1.165, 1.54) is 22.0 Å². The fraction of sp³-hybridized carbons (Fsp3) is 0.379. The van der Waals surface area contributed by atoms with Crippen molar-refractivity contribution in [2.24, 2.45) is 35.1 Å². The van der Waals surface area contributed by atoms with Crippen molar-refractivity contribution < 1.29 is 33.6 Å². The predicted molar refractivity (Wildman–Crippen MR) is 142 cm³/mol. The van der Waals surface area contributed by atoms with E-state index in [9.17, 15) is 19.2 Å². The molecule has 0 aromatic heterocycles. The van der Waals surface area contributed by atoms with Crippen molar-refractivity contribution in [2.75, 3.05) is 13.1 Å². The first kappa shape index (κ1) is 27.3. The molecular weight excluding hydrogens is 514 g/mol. The van der Waals surface area contributed by atoms with Gasteiger partial charge in [-0.15, -0.1) is 18.9 Å². The molecule has 4 aliphatic rings. The Morgan fingerprint density at radius 3 is 1.75 bits per heavy atom. The molecule has 4 heterocycles. The second-order valence-electron chi connectivity index (χ2n) is 10.2. The molecule has 1 aromatic carbocycles. The van der Waals surface area contributed by atoms with Crippen molar-refractivity contribution in [2.45, 2.75) is 31.0 Å². The van der Waals surface area contributed by atoms with Crippen LogP contribution in [-0.4, -0.2) is 76.9 Å². The van der Waals surface area contributed by atoms with Gasteiger partial charge in [0.25, 0.3) is 0 Å². The highest BCUT2D eigenvalue weighted by molar-refractivity contribution is 6.07. The first-order valence-electron chi connectivity index (χ1n) is 13.1. The quantitative estimate of drug-likeness (QED) is 0.109. The van der Waals surface area contributed by atoms with E-state index in [1.807, 2.05) is 30.3 Å². The monoisotopic (exact) mass is 546 g/mol. The topological polar surface area (TPSA) is 159 Å². The number of likely N-dealkylation sites (tertiary alicyclic amines) is 2. The second kappa shape index (κ2) is 11.1. The number of carbonyl (C=O) groups is 4. The molecule has 8 atom stereocenters. The molecule has 4 aliphatic heterocycles. The normalized spacial score (nSPS) is 32.5. The van der Waals surface area contributed by atoms with Crippen LogP contribution in [-0.2, 0) is 35.2 Å². The lowest BCUT2D eigenvalue weighted by molar-refractivity contribution is -0.458. The molecule has 1 aromatic rings. The third kappa shape index (κ3) is 4.68. The molecule has 208 valence electrons. The molecule has 4 saturated heterocycles. The lowest BCUT2D eigenvalue weighted by Crippen LogP contribution is -2.79. The van der Waals surface area contributed by atoms with Gasteiger partial charge in [-0.2, -0.15) is 0 Å². The van der Waals surface area contributed by atoms with Crippen LogP contribution in [0.5, 0.6) is 0 Å². The summed E-state index contributed by atoms with van der Waals surface area (Å²) >= 11 is 0. The number of ether oxygens (including phenoxy) is 2. The molecule has 8 unspecified atom stereocenters. The molecule has 5 rings (SSSR count). The summed E-state index contributed by atoms with van der Waals surface area (Å²) in [7, 11) is 0. The number of hydrogen-bond donors (Lipinski definition) is 3. The summed E-state index contributed by atoms with van der Waals surface area (Å²) in [6.07, 6.45) is 3.43. The fourth-order valence-corrected chi connectivity index (χ4v) is 6.02. The Morgan fingerprint density at radius 1 is 0.800 bits per heavy atom. The molecule has 11 nitrogen and oxygen atoms in total. The summed E-state index contributed by atoms with van der Waals surface area (Å²) in [4.78, 5) is 57.9. The van der Waals surface area contributed by atoms with Crippen molar-refractivity contribution in [3.8, 4) is 0 Å². The number of nitrogens with zero attached hydrogens (tertiary/aromatic N) is 2. The highest BCUT2D eigenvalue weighted by atomic mass is 16.5. The number of guanidine groups is 1. The zero-order valence-corrected chi connectivity index (χ0v) is 21.8. The molecule has 0 bridgehead atoms. The highest BCUT2D eigenvalue weighted by Crippen LogP contribution is 2.43. The van der Waals surface area contributed by atoms with Gasteiger partial charge in [-0.05, 0) is 17.7 Å². The molecule has 4 fully saturated rings. The minimum Gasteiger partial charge on any atom is -0.365 e. The number of nitrogens with one attached hydrogen (secondary N) is 1. The summed E-state index contributed by atoms with van der Waals surface area (Å²) in [5.41, 5.74) is 14.7. The van der Waals surface area contributed by atoms with E-state index in [0.717, 1.165) is 5.56 Å². The van der Waals surface area contributed by atoms with Crippen LogP contribution >= 0.6 is 0 Å². The maximum atomic E-state index is 13.4. The van der Waals surface area contributed by atoms with Gasteiger partial charge >= 0.3 is 5.96 Å². The van der Waals surface area contributed by atoms with Crippen LogP contribution < -0.4 is 16.5 Å². The summed E-state index contributed by atoms with van der Waals surface area (Å²) < 4.78 is 11.9. The molecular formula is C29H32N5O6+. The molecule has 40 heavy (non-hydrogen) atoms. The summed E-state index contributed by atoms with van der Waals surface area (Å²) in [5, 5.41) is 0. The number of imide groups is 2. The number of benzene rings is 1. The Labute approximate surface area is 231 Å². The van der Waals surface area contributed by atoms with Crippen LogP contribution in [0.1, 0.15) is 5.56 Å². The van der Waals surface area contributed by atoms with Gasteiger partial charge in [-0.1, -0.05) is 42.5 Å². The SMILES string of the molecule is C=CC1OC(C=C=CC2OC(C=C)C3C(=O)N(Cc4ccccc4)C(=O)C23)C2C(=O)N(CC[NH+]=C(N)N)C(=O)C12. The van der Waals surface area contributed by atoms with E-state index in [4.69, 9.17) is 20.9 Å². The highest BCUT2D eigenvalue weighted by Gasteiger charge is 2.59. The van der Waals surface area contributed by atoms with E-state index < -0.39 is 48.1 Å². The van der Waals surface area contributed by atoms with Gasteiger partial charge in [0, 0.05) is 0 Å². The van der Waals surface area contributed by atoms with Gasteiger partial charge in [0.15, 0.2) is 0 Å². The maximum absolute atomic E-state index is 13.4. The average Bonchev–Trinajstić information content (AvgIpc) is 3.63. The number of nitrogens with two attached hydrogens (primary N) is 2. The van der Waals surface area contributed by atoms with Crippen LogP contribution in [0.3, 0.4) is 0 Å². The Kier molecular flexibility index (Phi) is 7.53. The second-order valence-corrected chi connectivity index (χ2v) is 10.2. The molecule has 5 N–H and O–H groups in total. The molecule has 0 radical (unpaired) electrons. The summed E-state index contributed by atoms with van der Waals surface area (Å²) in [6.45, 7) is 8.05. The number of amides is 4.